The van der Waals surface area contributed by atoms with Crippen LogP contribution in [0.2, 0.25) is 0 Å². The van der Waals surface area contributed by atoms with Gasteiger partial charge in [0.25, 0.3) is 0 Å². The van der Waals surface area contributed by atoms with Crippen LogP contribution in [0.5, 0.6) is 0 Å². The molecule has 0 aliphatic carbocycles. The van der Waals surface area contributed by atoms with Crippen LogP contribution < -0.4 is 0 Å². The molecule has 0 spiro atoms. The van der Waals surface area contributed by atoms with Gasteiger partial charge in [-0.25, -0.2) is 19.9 Å². The molecule has 234 valence electrons. The Labute approximate surface area is 291 Å². The Kier molecular flexibility index (Phi) is 6.60. The van der Waals surface area contributed by atoms with Crippen molar-refractivity contribution < 1.29 is 4.42 Å². The van der Waals surface area contributed by atoms with Gasteiger partial charge in [0.1, 0.15) is 5.52 Å². The predicted molar refractivity (Wildman–Crippen MR) is 205 cm³/mol. The molecule has 0 amide bonds. The second kappa shape index (κ2) is 11.6. The average Bonchev–Trinajstić information content (AvgIpc) is 3.80. The van der Waals surface area contributed by atoms with Gasteiger partial charge in [0.05, 0.1) is 0 Å². The van der Waals surface area contributed by atoms with Gasteiger partial charge in [0.2, 0.25) is 5.89 Å². The summed E-state index contributed by atoms with van der Waals surface area (Å²) < 4.78 is 8.88. The standard InChI is InChI=1S/C44H26N4OS/c1-3-12-29(13-4-1)41-46-42(48-43(47-41)33-24-19-27-11-7-8-16-32(27)25-33)30-22-20-28(21-23-30)35-26-36-39(49-44(45-36)31-14-5-2-6-15-31)38-34-17-9-10-18-37(34)50-40(35)38/h1-26H. The lowest BCUT2D eigenvalue weighted by molar-refractivity contribution is 0.623. The first-order valence-corrected chi connectivity index (χ1v) is 17.3. The number of nitrogens with zero attached hydrogens (tertiary/aromatic N) is 4. The van der Waals surface area contributed by atoms with E-state index in [-0.39, 0.29) is 0 Å². The Bertz CT molecular complexity index is 2860. The summed E-state index contributed by atoms with van der Waals surface area (Å²) in [6.07, 6.45) is 0. The lowest BCUT2D eigenvalue weighted by Gasteiger charge is -2.10. The van der Waals surface area contributed by atoms with Crippen molar-refractivity contribution in [3.8, 4) is 56.7 Å². The summed E-state index contributed by atoms with van der Waals surface area (Å²) in [6.45, 7) is 0. The molecule has 5 nitrogen and oxygen atoms in total. The predicted octanol–water partition coefficient (Wildman–Crippen LogP) is 11.9. The Balaban J connectivity index is 1.12. The Morgan fingerprint density at radius 2 is 1.02 bits per heavy atom. The summed E-state index contributed by atoms with van der Waals surface area (Å²) in [7, 11) is 0. The van der Waals surface area contributed by atoms with Gasteiger partial charge in [0.15, 0.2) is 23.1 Å². The Hall–Kier alpha value is -6.50. The van der Waals surface area contributed by atoms with Crippen LogP contribution in [-0.2, 0) is 0 Å². The first-order chi connectivity index (χ1) is 24.7. The van der Waals surface area contributed by atoms with Crippen LogP contribution in [0.1, 0.15) is 0 Å². The van der Waals surface area contributed by atoms with E-state index in [1.54, 1.807) is 11.3 Å². The quantitative estimate of drug-likeness (QED) is 0.184. The molecule has 0 unspecified atom stereocenters. The van der Waals surface area contributed by atoms with E-state index in [9.17, 15) is 0 Å². The van der Waals surface area contributed by atoms with Gasteiger partial charge in [-0.2, -0.15) is 0 Å². The normalized spacial score (nSPS) is 11.6. The van der Waals surface area contributed by atoms with E-state index in [4.69, 9.17) is 24.4 Å². The number of thiophene rings is 1. The van der Waals surface area contributed by atoms with Crippen molar-refractivity contribution in [2.75, 3.05) is 0 Å². The zero-order valence-corrected chi connectivity index (χ0v) is 27.4. The third kappa shape index (κ3) is 4.85. The third-order valence-corrected chi connectivity index (χ3v) is 10.4. The second-order valence-corrected chi connectivity index (χ2v) is 13.3. The molecule has 0 saturated heterocycles. The summed E-state index contributed by atoms with van der Waals surface area (Å²) in [6, 6.07) is 54.0. The van der Waals surface area contributed by atoms with E-state index < -0.39 is 0 Å². The number of benzene rings is 7. The number of fused-ring (bicyclic) bond motifs is 6. The molecule has 0 N–H and O–H groups in total. The van der Waals surface area contributed by atoms with Crippen LogP contribution in [0.4, 0.5) is 0 Å². The minimum Gasteiger partial charge on any atom is -0.435 e. The lowest BCUT2D eigenvalue weighted by Crippen LogP contribution is -2.00. The van der Waals surface area contributed by atoms with Gasteiger partial charge in [-0.05, 0) is 46.7 Å². The third-order valence-electron chi connectivity index (χ3n) is 9.15. The Morgan fingerprint density at radius 1 is 0.440 bits per heavy atom. The first-order valence-electron chi connectivity index (χ1n) is 16.5. The van der Waals surface area contributed by atoms with Crippen molar-refractivity contribution >= 4 is 53.4 Å². The molecular weight excluding hydrogens is 633 g/mol. The highest BCUT2D eigenvalue weighted by atomic mass is 32.1. The molecule has 0 atom stereocenters. The van der Waals surface area contributed by atoms with E-state index in [2.05, 4.69) is 97.1 Å². The molecule has 10 aromatic rings. The maximum absolute atomic E-state index is 6.49. The van der Waals surface area contributed by atoms with E-state index in [0.717, 1.165) is 55.3 Å². The van der Waals surface area contributed by atoms with E-state index in [1.165, 1.54) is 20.2 Å². The molecule has 50 heavy (non-hydrogen) atoms. The summed E-state index contributed by atoms with van der Waals surface area (Å²) >= 11 is 1.78. The molecule has 7 aromatic carbocycles. The van der Waals surface area contributed by atoms with Crippen molar-refractivity contribution in [3.05, 3.63) is 158 Å². The zero-order chi connectivity index (χ0) is 33.0. The number of oxazole rings is 1. The zero-order valence-electron chi connectivity index (χ0n) is 26.6. The van der Waals surface area contributed by atoms with Crippen molar-refractivity contribution in [3.63, 3.8) is 0 Å². The maximum atomic E-state index is 6.49. The number of aromatic nitrogens is 4. The van der Waals surface area contributed by atoms with Gasteiger partial charge in [-0.1, -0.05) is 127 Å². The van der Waals surface area contributed by atoms with E-state index in [1.807, 2.05) is 60.7 Å². The smallest absolute Gasteiger partial charge is 0.227 e. The molecule has 0 aliphatic rings. The molecule has 6 heteroatoms. The van der Waals surface area contributed by atoms with Gasteiger partial charge in [-0.15, -0.1) is 11.3 Å². The van der Waals surface area contributed by atoms with Crippen molar-refractivity contribution in [1.29, 1.82) is 0 Å². The van der Waals surface area contributed by atoms with E-state index in [0.29, 0.717) is 23.4 Å². The summed E-state index contributed by atoms with van der Waals surface area (Å²) in [5, 5.41) is 4.59. The fourth-order valence-corrected chi connectivity index (χ4v) is 7.91. The molecule has 0 bridgehead atoms. The molecule has 0 saturated carbocycles. The number of hydrogen-bond acceptors (Lipinski definition) is 6. The molecule has 10 rings (SSSR count). The van der Waals surface area contributed by atoms with Crippen LogP contribution in [0.25, 0.3) is 98.8 Å². The molecule has 3 heterocycles. The van der Waals surface area contributed by atoms with Gasteiger partial charge < -0.3 is 4.42 Å². The van der Waals surface area contributed by atoms with Crippen molar-refractivity contribution in [2.24, 2.45) is 0 Å². The average molecular weight is 659 g/mol. The molecule has 0 aliphatic heterocycles. The maximum Gasteiger partial charge on any atom is 0.227 e. The Morgan fingerprint density at radius 3 is 1.78 bits per heavy atom. The van der Waals surface area contributed by atoms with Gasteiger partial charge in [-0.3, -0.25) is 0 Å². The van der Waals surface area contributed by atoms with Gasteiger partial charge >= 0.3 is 0 Å². The number of rotatable bonds is 5. The van der Waals surface area contributed by atoms with Crippen LogP contribution in [0, 0.1) is 0 Å². The highest BCUT2D eigenvalue weighted by molar-refractivity contribution is 7.26. The molecule has 3 aromatic heterocycles. The topological polar surface area (TPSA) is 64.7 Å². The summed E-state index contributed by atoms with van der Waals surface area (Å²) in [4.78, 5) is 19.9. The van der Waals surface area contributed by atoms with E-state index >= 15 is 0 Å². The molecule has 0 radical (unpaired) electrons. The largest absolute Gasteiger partial charge is 0.435 e. The first kappa shape index (κ1) is 28.5. The highest BCUT2D eigenvalue weighted by Gasteiger charge is 2.20. The van der Waals surface area contributed by atoms with Crippen molar-refractivity contribution in [2.45, 2.75) is 0 Å². The molecule has 0 fully saturated rings. The summed E-state index contributed by atoms with van der Waals surface area (Å²) in [5.74, 6) is 2.53. The minimum absolute atomic E-state index is 0.621. The van der Waals surface area contributed by atoms with Gasteiger partial charge in [0, 0.05) is 48.0 Å². The van der Waals surface area contributed by atoms with Crippen LogP contribution in [-0.4, -0.2) is 19.9 Å². The fraction of sp³-hybridized carbons (Fsp3) is 0. The number of hydrogen-bond donors (Lipinski definition) is 0. The minimum atomic E-state index is 0.621. The molecular formula is C44H26N4OS. The highest BCUT2D eigenvalue weighted by Crippen LogP contribution is 2.45. The monoisotopic (exact) mass is 658 g/mol. The van der Waals surface area contributed by atoms with Crippen molar-refractivity contribution in [1.82, 2.24) is 19.9 Å². The van der Waals surface area contributed by atoms with Crippen LogP contribution in [0.3, 0.4) is 0 Å². The summed E-state index contributed by atoms with van der Waals surface area (Å²) in [5.41, 5.74) is 7.62. The lowest BCUT2D eigenvalue weighted by atomic mass is 10.00. The SMILES string of the molecule is c1ccc(-c2nc(-c3ccc(-c4cc5nc(-c6ccccc6)oc5c5c4sc4ccccc45)cc3)nc(-c3ccc4ccccc4c3)n2)cc1. The van der Waals surface area contributed by atoms with Crippen LogP contribution >= 0.6 is 11.3 Å². The fourth-order valence-electron chi connectivity index (χ4n) is 6.67. The second-order valence-electron chi connectivity index (χ2n) is 12.3. The van der Waals surface area contributed by atoms with Crippen LogP contribution in [0.15, 0.2) is 162 Å².